The molecule has 0 N–H and O–H groups in total. The lowest BCUT2D eigenvalue weighted by Crippen LogP contribution is -2.20. The molecule has 0 aliphatic carbocycles. The van der Waals surface area contributed by atoms with Gasteiger partial charge in [0, 0.05) is 18.0 Å². The molecule has 4 nitrogen and oxygen atoms in total. The smallest absolute Gasteiger partial charge is 0.239 e. The number of hydrogen-bond acceptors (Lipinski definition) is 5. The molecule has 1 aromatic carbocycles. The van der Waals surface area contributed by atoms with Crippen molar-refractivity contribution >= 4 is 38.3 Å². The number of nitrogens with zero attached hydrogens (tertiary/aromatic N) is 1. The first kappa shape index (κ1) is 18.5. The zero-order valence-electron chi connectivity index (χ0n) is 14.8. The second-order valence-corrected chi connectivity index (χ2v) is 8.63. The first-order valence-electron chi connectivity index (χ1n) is 8.47. The molecule has 0 unspecified atom stereocenters. The van der Waals surface area contributed by atoms with Gasteiger partial charge >= 0.3 is 0 Å². The Morgan fingerprint density at radius 3 is 2.38 bits per heavy atom. The van der Waals surface area contributed by atoms with Crippen molar-refractivity contribution in [3.63, 3.8) is 0 Å². The van der Waals surface area contributed by atoms with E-state index in [2.05, 4.69) is 30.9 Å². The van der Waals surface area contributed by atoms with E-state index in [0.29, 0.717) is 5.76 Å². The van der Waals surface area contributed by atoms with Crippen LogP contribution in [0.25, 0.3) is 12.2 Å². The maximum atomic E-state index is 12.5. The van der Waals surface area contributed by atoms with Crippen LogP contribution in [0.15, 0.2) is 69.0 Å². The van der Waals surface area contributed by atoms with Crippen molar-refractivity contribution in [2.75, 3.05) is 18.0 Å². The Bertz CT molecular complexity index is 981. The summed E-state index contributed by atoms with van der Waals surface area (Å²) in [7, 11) is -3.62. The van der Waals surface area contributed by atoms with Crippen LogP contribution >= 0.6 is 11.3 Å². The Kier molecular flexibility index (Phi) is 5.64. The lowest BCUT2D eigenvalue weighted by Gasteiger charge is -2.17. The normalized spacial score (nSPS) is 11.9. The van der Waals surface area contributed by atoms with E-state index >= 15 is 0 Å². The molecule has 0 radical (unpaired) electrons. The predicted molar refractivity (Wildman–Crippen MR) is 107 cm³/mol. The molecule has 0 atom stereocenters. The monoisotopic (exact) mass is 387 g/mol. The Labute approximate surface area is 158 Å². The summed E-state index contributed by atoms with van der Waals surface area (Å²) in [5, 5.41) is 1.18. The molecule has 2 aromatic heterocycles. The third-order valence-electron chi connectivity index (χ3n) is 4.02. The molecule has 0 aliphatic heterocycles. The molecule has 3 aromatic rings. The van der Waals surface area contributed by atoms with Crippen molar-refractivity contribution in [3.8, 4) is 0 Å². The van der Waals surface area contributed by atoms with Gasteiger partial charge in [0.25, 0.3) is 0 Å². The minimum Gasteiger partial charge on any atom is -0.445 e. The van der Waals surface area contributed by atoms with Crippen LogP contribution in [-0.2, 0) is 9.84 Å². The van der Waals surface area contributed by atoms with Crippen molar-refractivity contribution in [3.05, 3.63) is 65.2 Å². The SMILES string of the molecule is CCN(CC)c1ccc(/C=C/c2ccc(S(=O)(=O)c3ccccc3)o2)s1. The quantitative estimate of drug-likeness (QED) is 0.560. The van der Waals surface area contributed by atoms with Crippen molar-refractivity contribution in [2.24, 2.45) is 0 Å². The van der Waals surface area contributed by atoms with Crippen LogP contribution in [0.1, 0.15) is 24.5 Å². The summed E-state index contributed by atoms with van der Waals surface area (Å²) in [5.41, 5.74) is 0. The summed E-state index contributed by atoms with van der Waals surface area (Å²) in [6.45, 7) is 6.21. The van der Waals surface area contributed by atoms with E-state index < -0.39 is 9.84 Å². The van der Waals surface area contributed by atoms with Crippen molar-refractivity contribution in [2.45, 2.75) is 23.8 Å². The van der Waals surface area contributed by atoms with Gasteiger partial charge < -0.3 is 9.32 Å². The van der Waals surface area contributed by atoms with Gasteiger partial charge in [0.2, 0.25) is 14.9 Å². The van der Waals surface area contributed by atoms with E-state index in [-0.39, 0.29) is 9.99 Å². The highest BCUT2D eigenvalue weighted by Gasteiger charge is 2.20. The van der Waals surface area contributed by atoms with Gasteiger partial charge in [-0.05, 0) is 62.4 Å². The van der Waals surface area contributed by atoms with Crippen molar-refractivity contribution in [1.29, 1.82) is 0 Å². The molecular weight excluding hydrogens is 366 g/mol. The average Bonchev–Trinajstić information content (AvgIpc) is 3.32. The molecule has 0 fully saturated rings. The van der Waals surface area contributed by atoms with Crippen LogP contribution in [0.4, 0.5) is 5.00 Å². The van der Waals surface area contributed by atoms with E-state index in [9.17, 15) is 8.42 Å². The summed E-state index contributed by atoms with van der Waals surface area (Å²) in [6, 6.07) is 15.6. The highest BCUT2D eigenvalue weighted by molar-refractivity contribution is 7.91. The van der Waals surface area contributed by atoms with Crippen molar-refractivity contribution < 1.29 is 12.8 Å². The van der Waals surface area contributed by atoms with Crippen LogP contribution in [-0.4, -0.2) is 21.5 Å². The van der Waals surface area contributed by atoms with Crippen LogP contribution in [0.5, 0.6) is 0 Å². The number of anilines is 1. The molecule has 0 spiro atoms. The zero-order chi connectivity index (χ0) is 18.6. The van der Waals surface area contributed by atoms with Gasteiger partial charge in [-0.3, -0.25) is 0 Å². The standard InChI is InChI=1S/C20H21NO3S2/c1-3-21(4-2)19-14-13-17(25-19)12-10-16-11-15-20(24-16)26(22,23)18-8-6-5-7-9-18/h5-15H,3-4H2,1-2H3/b12-10+. The molecule has 136 valence electrons. The summed E-state index contributed by atoms with van der Waals surface area (Å²) in [4.78, 5) is 3.61. The van der Waals surface area contributed by atoms with E-state index in [4.69, 9.17) is 4.42 Å². The Morgan fingerprint density at radius 2 is 1.69 bits per heavy atom. The maximum Gasteiger partial charge on any atom is 0.239 e. The van der Waals surface area contributed by atoms with Gasteiger partial charge in [-0.25, -0.2) is 8.42 Å². The fraction of sp³-hybridized carbons (Fsp3) is 0.200. The molecular formula is C20H21NO3S2. The zero-order valence-corrected chi connectivity index (χ0v) is 16.4. The number of benzene rings is 1. The summed E-state index contributed by atoms with van der Waals surface area (Å²) in [5.74, 6) is 0.511. The number of sulfone groups is 1. The number of thiophene rings is 1. The predicted octanol–water partition coefficient (Wildman–Crippen LogP) is 5.19. The van der Waals surface area contributed by atoms with Crippen LogP contribution in [0.3, 0.4) is 0 Å². The van der Waals surface area contributed by atoms with E-state index in [1.165, 1.54) is 11.1 Å². The highest BCUT2D eigenvalue weighted by atomic mass is 32.2. The van der Waals surface area contributed by atoms with Crippen LogP contribution in [0.2, 0.25) is 0 Å². The lowest BCUT2D eigenvalue weighted by molar-refractivity contribution is 0.443. The minimum absolute atomic E-state index is 0.0432. The topological polar surface area (TPSA) is 50.5 Å². The Morgan fingerprint density at radius 1 is 0.962 bits per heavy atom. The van der Waals surface area contributed by atoms with Gasteiger partial charge in [-0.15, -0.1) is 11.3 Å². The van der Waals surface area contributed by atoms with Crippen LogP contribution < -0.4 is 4.90 Å². The molecule has 2 heterocycles. The van der Waals surface area contributed by atoms with E-state index in [0.717, 1.165) is 18.0 Å². The number of furan rings is 1. The molecule has 0 saturated carbocycles. The molecule has 0 amide bonds. The van der Waals surface area contributed by atoms with Crippen molar-refractivity contribution in [1.82, 2.24) is 0 Å². The lowest BCUT2D eigenvalue weighted by atomic mass is 10.3. The van der Waals surface area contributed by atoms with Gasteiger partial charge in [-0.1, -0.05) is 18.2 Å². The first-order valence-corrected chi connectivity index (χ1v) is 10.8. The fourth-order valence-corrected chi connectivity index (χ4v) is 4.82. The molecule has 26 heavy (non-hydrogen) atoms. The van der Waals surface area contributed by atoms with E-state index in [1.54, 1.807) is 53.8 Å². The summed E-state index contributed by atoms with van der Waals surface area (Å²) < 4.78 is 30.6. The number of hydrogen-bond donors (Lipinski definition) is 0. The highest BCUT2D eigenvalue weighted by Crippen LogP contribution is 2.28. The van der Waals surface area contributed by atoms with Gasteiger partial charge in [-0.2, -0.15) is 0 Å². The van der Waals surface area contributed by atoms with Crippen LogP contribution in [0, 0.1) is 0 Å². The Balaban J connectivity index is 1.78. The Hall–Kier alpha value is -2.31. The largest absolute Gasteiger partial charge is 0.445 e. The molecule has 6 heteroatoms. The second kappa shape index (κ2) is 7.93. The van der Waals surface area contributed by atoms with E-state index in [1.807, 2.05) is 6.08 Å². The molecule has 0 saturated heterocycles. The molecule has 0 bridgehead atoms. The number of rotatable bonds is 7. The maximum absolute atomic E-state index is 12.5. The first-order chi connectivity index (χ1) is 12.5. The summed E-state index contributed by atoms with van der Waals surface area (Å²) >= 11 is 1.70. The third-order valence-corrected chi connectivity index (χ3v) is 6.77. The average molecular weight is 388 g/mol. The fourth-order valence-electron chi connectivity index (χ4n) is 2.59. The minimum atomic E-state index is -3.62. The molecule has 0 aliphatic rings. The van der Waals surface area contributed by atoms with Gasteiger partial charge in [0.15, 0.2) is 0 Å². The second-order valence-electron chi connectivity index (χ2n) is 5.65. The van der Waals surface area contributed by atoms with Gasteiger partial charge in [0.05, 0.1) is 9.90 Å². The molecule has 3 rings (SSSR count). The summed E-state index contributed by atoms with van der Waals surface area (Å²) in [6.07, 6.45) is 3.73. The third kappa shape index (κ3) is 3.92. The van der Waals surface area contributed by atoms with Gasteiger partial charge in [0.1, 0.15) is 5.76 Å².